The number of likely N-dealkylation sites (tertiary alicyclic amines) is 1. The second-order valence-corrected chi connectivity index (χ2v) is 6.19. The molecule has 0 aliphatic carbocycles. The van der Waals surface area contributed by atoms with Crippen LogP contribution in [0.1, 0.15) is 39.9 Å². The molecular formula is C14H14F3N3OS. The van der Waals surface area contributed by atoms with Gasteiger partial charge in [0.25, 0.3) is 5.91 Å². The summed E-state index contributed by atoms with van der Waals surface area (Å²) in [4.78, 5) is 15.2. The molecule has 4 nitrogen and oxygen atoms in total. The maximum absolute atomic E-state index is 12.8. The first-order valence-corrected chi connectivity index (χ1v) is 7.71. The molecule has 1 saturated heterocycles. The van der Waals surface area contributed by atoms with Crippen LogP contribution >= 0.6 is 11.3 Å². The average Bonchev–Trinajstić information content (AvgIpc) is 3.16. The monoisotopic (exact) mass is 329 g/mol. The predicted octanol–water partition coefficient (Wildman–Crippen LogP) is 3.48. The van der Waals surface area contributed by atoms with E-state index in [9.17, 15) is 18.0 Å². The van der Waals surface area contributed by atoms with Crippen molar-refractivity contribution >= 4 is 17.2 Å². The molecular weight excluding hydrogens is 315 g/mol. The molecule has 0 bridgehead atoms. The van der Waals surface area contributed by atoms with Crippen LogP contribution in [-0.2, 0) is 13.2 Å². The molecule has 8 heteroatoms. The zero-order chi connectivity index (χ0) is 15.9. The smallest absolute Gasteiger partial charge is 0.329 e. The molecule has 0 saturated carbocycles. The molecule has 1 aliphatic heterocycles. The minimum atomic E-state index is -4.52. The lowest BCUT2D eigenvalue weighted by atomic mass is 10.2. The Morgan fingerprint density at radius 1 is 1.45 bits per heavy atom. The SMILES string of the molecule is Cn1nc(C(=O)N2CCC[C@H]2c2cccs2)cc1C(F)(F)F. The average molecular weight is 329 g/mol. The lowest BCUT2D eigenvalue weighted by molar-refractivity contribution is -0.143. The Hall–Kier alpha value is -1.83. The number of thiophene rings is 1. The first-order valence-electron chi connectivity index (χ1n) is 6.83. The third-order valence-corrected chi connectivity index (χ3v) is 4.75. The molecule has 1 atom stereocenters. The van der Waals surface area contributed by atoms with Crippen LogP contribution in [-0.4, -0.2) is 27.1 Å². The molecule has 22 heavy (non-hydrogen) atoms. The number of alkyl halides is 3. The van der Waals surface area contributed by atoms with E-state index in [-0.39, 0.29) is 11.7 Å². The van der Waals surface area contributed by atoms with Gasteiger partial charge in [0.1, 0.15) is 5.69 Å². The first-order chi connectivity index (χ1) is 10.4. The number of carbonyl (C=O) groups is 1. The molecule has 0 aromatic carbocycles. The summed E-state index contributed by atoms with van der Waals surface area (Å²) >= 11 is 1.55. The summed E-state index contributed by atoms with van der Waals surface area (Å²) in [6, 6.07) is 4.61. The molecule has 1 amide bonds. The van der Waals surface area contributed by atoms with E-state index in [1.54, 1.807) is 16.2 Å². The first kappa shape index (κ1) is 15.1. The van der Waals surface area contributed by atoms with Crippen molar-refractivity contribution in [3.05, 3.63) is 39.8 Å². The summed E-state index contributed by atoms with van der Waals surface area (Å²) in [6.45, 7) is 0.541. The van der Waals surface area contributed by atoms with Crippen molar-refractivity contribution in [3.8, 4) is 0 Å². The second kappa shape index (κ2) is 5.42. The lowest BCUT2D eigenvalue weighted by Gasteiger charge is -2.22. The summed E-state index contributed by atoms with van der Waals surface area (Å²) in [5, 5.41) is 5.68. The molecule has 0 spiro atoms. The molecule has 1 fully saturated rings. The van der Waals surface area contributed by atoms with Gasteiger partial charge in [0.2, 0.25) is 0 Å². The summed E-state index contributed by atoms with van der Waals surface area (Å²) < 4.78 is 39.2. The normalized spacial score (nSPS) is 18.9. The van der Waals surface area contributed by atoms with E-state index in [2.05, 4.69) is 5.10 Å². The number of halogens is 3. The van der Waals surface area contributed by atoms with Gasteiger partial charge in [-0.25, -0.2) is 0 Å². The Kier molecular flexibility index (Phi) is 3.72. The number of rotatable bonds is 2. The Labute approximate surface area is 129 Å². The number of aromatic nitrogens is 2. The Morgan fingerprint density at radius 3 is 2.82 bits per heavy atom. The van der Waals surface area contributed by atoms with Gasteiger partial charge in [0, 0.05) is 24.5 Å². The van der Waals surface area contributed by atoms with Crippen LogP contribution in [0.25, 0.3) is 0 Å². The minimum Gasteiger partial charge on any atom is -0.329 e. The van der Waals surface area contributed by atoms with Crippen molar-refractivity contribution in [2.45, 2.75) is 25.1 Å². The van der Waals surface area contributed by atoms with Crippen LogP contribution in [0.15, 0.2) is 23.6 Å². The third-order valence-electron chi connectivity index (χ3n) is 3.77. The van der Waals surface area contributed by atoms with Gasteiger partial charge in [0.05, 0.1) is 6.04 Å². The zero-order valence-electron chi connectivity index (χ0n) is 11.8. The van der Waals surface area contributed by atoms with Crippen LogP contribution in [0, 0.1) is 0 Å². The van der Waals surface area contributed by atoms with Crippen LogP contribution < -0.4 is 0 Å². The highest BCUT2D eigenvalue weighted by Gasteiger charge is 2.38. The van der Waals surface area contributed by atoms with E-state index in [0.717, 1.165) is 23.8 Å². The zero-order valence-corrected chi connectivity index (χ0v) is 12.6. The van der Waals surface area contributed by atoms with Gasteiger partial charge >= 0.3 is 6.18 Å². The predicted molar refractivity (Wildman–Crippen MR) is 75.5 cm³/mol. The van der Waals surface area contributed by atoms with Crippen LogP contribution in [0.4, 0.5) is 13.2 Å². The van der Waals surface area contributed by atoms with E-state index < -0.39 is 17.8 Å². The number of aryl methyl sites for hydroxylation is 1. The Bertz CT molecular complexity index is 678. The standard InChI is InChI=1S/C14H14F3N3OS/c1-19-12(14(15,16)17)8-9(18-19)13(21)20-6-2-4-10(20)11-5-3-7-22-11/h3,5,7-8,10H,2,4,6H2,1H3/t10-/m0/s1. The van der Waals surface area contributed by atoms with E-state index in [1.807, 2.05) is 17.5 Å². The fourth-order valence-corrected chi connectivity index (χ4v) is 3.64. The number of nitrogens with zero attached hydrogens (tertiary/aromatic N) is 3. The topological polar surface area (TPSA) is 38.1 Å². The van der Waals surface area contributed by atoms with Gasteiger partial charge < -0.3 is 4.90 Å². The van der Waals surface area contributed by atoms with E-state index in [4.69, 9.17) is 0 Å². The summed E-state index contributed by atoms with van der Waals surface area (Å²) in [5.41, 5.74) is -1.07. The van der Waals surface area contributed by atoms with Crippen molar-refractivity contribution in [3.63, 3.8) is 0 Å². The maximum atomic E-state index is 12.8. The summed E-state index contributed by atoms with van der Waals surface area (Å²) in [5.74, 6) is -0.443. The van der Waals surface area contributed by atoms with Crippen LogP contribution in [0.2, 0.25) is 0 Å². The van der Waals surface area contributed by atoms with Crippen LogP contribution in [0.3, 0.4) is 0 Å². The Balaban J connectivity index is 1.88. The largest absolute Gasteiger partial charge is 0.433 e. The molecule has 3 heterocycles. The molecule has 118 valence electrons. The van der Waals surface area contributed by atoms with E-state index >= 15 is 0 Å². The van der Waals surface area contributed by atoms with Crippen molar-refractivity contribution in [2.24, 2.45) is 7.05 Å². The molecule has 2 aromatic rings. The molecule has 3 rings (SSSR count). The van der Waals surface area contributed by atoms with Crippen molar-refractivity contribution in [1.29, 1.82) is 0 Å². The number of carbonyl (C=O) groups excluding carboxylic acids is 1. The van der Waals surface area contributed by atoms with E-state index in [0.29, 0.717) is 11.2 Å². The molecule has 1 aliphatic rings. The van der Waals surface area contributed by atoms with Gasteiger partial charge in [-0.1, -0.05) is 6.07 Å². The van der Waals surface area contributed by atoms with Crippen molar-refractivity contribution < 1.29 is 18.0 Å². The van der Waals surface area contributed by atoms with E-state index in [1.165, 1.54) is 7.05 Å². The maximum Gasteiger partial charge on any atom is 0.433 e. The lowest BCUT2D eigenvalue weighted by Crippen LogP contribution is -2.30. The highest BCUT2D eigenvalue weighted by molar-refractivity contribution is 7.10. The van der Waals surface area contributed by atoms with Gasteiger partial charge in [-0.15, -0.1) is 11.3 Å². The second-order valence-electron chi connectivity index (χ2n) is 5.21. The van der Waals surface area contributed by atoms with Crippen molar-refractivity contribution in [1.82, 2.24) is 14.7 Å². The Morgan fingerprint density at radius 2 is 2.23 bits per heavy atom. The van der Waals surface area contributed by atoms with Crippen LogP contribution in [0.5, 0.6) is 0 Å². The number of hydrogen-bond donors (Lipinski definition) is 0. The minimum absolute atomic E-state index is 0.0659. The highest BCUT2D eigenvalue weighted by atomic mass is 32.1. The van der Waals surface area contributed by atoms with Gasteiger partial charge in [-0.3, -0.25) is 9.48 Å². The number of hydrogen-bond acceptors (Lipinski definition) is 3. The molecule has 0 radical (unpaired) electrons. The van der Waals surface area contributed by atoms with Gasteiger partial charge in [0.15, 0.2) is 5.69 Å². The summed E-state index contributed by atoms with van der Waals surface area (Å²) in [7, 11) is 1.19. The molecule has 0 N–H and O–H groups in total. The fourth-order valence-electron chi connectivity index (χ4n) is 2.77. The van der Waals surface area contributed by atoms with Gasteiger partial charge in [-0.2, -0.15) is 18.3 Å². The quantitative estimate of drug-likeness (QED) is 0.846. The van der Waals surface area contributed by atoms with Gasteiger partial charge in [-0.05, 0) is 24.3 Å². The third kappa shape index (κ3) is 2.63. The fraction of sp³-hybridized carbons (Fsp3) is 0.429. The summed E-state index contributed by atoms with van der Waals surface area (Å²) in [6.07, 6.45) is -2.85. The molecule has 2 aromatic heterocycles. The molecule has 0 unspecified atom stereocenters. The van der Waals surface area contributed by atoms with Crippen molar-refractivity contribution in [2.75, 3.05) is 6.54 Å². The highest BCUT2D eigenvalue weighted by Crippen LogP contribution is 2.36. The number of amides is 1.